The lowest BCUT2D eigenvalue weighted by Crippen LogP contribution is -2.23. The molecule has 0 bridgehead atoms. The molecule has 0 fully saturated rings. The minimum absolute atomic E-state index is 0.0551. The van der Waals surface area contributed by atoms with E-state index in [1.54, 1.807) is 6.07 Å². The van der Waals surface area contributed by atoms with Gasteiger partial charge in [0.1, 0.15) is 0 Å². The molecule has 0 saturated heterocycles. The Labute approximate surface area is 136 Å². The van der Waals surface area contributed by atoms with Crippen LogP contribution in [0.25, 0.3) is 0 Å². The van der Waals surface area contributed by atoms with Gasteiger partial charge in [-0.3, -0.25) is 0 Å². The SMILES string of the molecule is CCNC(Cc1ccc(F)c(F)c1)c1ccc(Br)cc1Cl. The molecular formula is C16H15BrClF2N. The molecule has 0 aromatic heterocycles. The lowest BCUT2D eigenvalue weighted by atomic mass is 9.98. The summed E-state index contributed by atoms with van der Waals surface area (Å²) in [7, 11) is 0. The van der Waals surface area contributed by atoms with Crippen molar-refractivity contribution in [3.8, 4) is 0 Å². The summed E-state index contributed by atoms with van der Waals surface area (Å²) in [6.45, 7) is 2.74. The van der Waals surface area contributed by atoms with Crippen molar-refractivity contribution in [3.05, 3.63) is 68.7 Å². The Morgan fingerprint density at radius 2 is 1.90 bits per heavy atom. The van der Waals surface area contributed by atoms with Gasteiger partial charge in [-0.2, -0.15) is 0 Å². The van der Waals surface area contributed by atoms with Crippen LogP contribution in [0.5, 0.6) is 0 Å². The van der Waals surface area contributed by atoms with Crippen LogP contribution < -0.4 is 5.32 Å². The number of hydrogen-bond acceptors (Lipinski definition) is 1. The van der Waals surface area contributed by atoms with Crippen LogP contribution in [0.15, 0.2) is 40.9 Å². The zero-order chi connectivity index (χ0) is 15.4. The lowest BCUT2D eigenvalue weighted by Gasteiger charge is -2.20. The minimum atomic E-state index is -0.833. The van der Waals surface area contributed by atoms with Gasteiger partial charge in [0.25, 0.3) is 0 Å². The molecule has 0 amide bonds. The van der Waals surface area contributed by atoms with E-state index in [-0.39, 0.29) is 6.04 Å². The van der Waals surface area contributed by atoms with Crippen molar-refractivity contribution in [1.29, 1.82) is 0 Å². The van der Waals surface area contributed by atoms with Crippen LogP contribution in [0.1, 0.15) is 24.1 Å². The maximum absolute atomic E-state index is 13.3. The van der Waals surface area contributed by atoms with E-state index >= 15 is 0 Å². The van der Waals surface area contributed by atoms with E-state index in [2.05, 4.69) is 21.2 Å². The fraction of sp³-hybridized carbons (Fsp3) is 0.250. The van der Waals surface area contributed by atoms with E-state index < -0.39 is 11.6 Å². The molecular weight excluding hydrogens is 360 g/mol. The van der Waals surface area contributed by atoms with E-state index in [4.69, 9.17) is 11.6 Å². The summed E-state index contributed by atoms with van der Waals surface area (Å²) in [5.74, 6) is -1.66. The Hall–Kier alpha value is -0.970. The van der Waals surface area contributed by atoms with Gasteiger partial charge in [-0.15, -0.1) is 0 Å². The summed E-state index contributed by atoms with van der Waals surface area (Å²) in [6.07, 6.45) is 0.534. The fourth-order valence-electron chi connectivity index (χ4n) is 2.22. The van der Waals surface area contributed by atoms with Gasteiger partial charge in [0, 0.05) is 15.5 Å². The quantitative estimate of drug-likeness (QED) is 0.751. The molecule has 2 aromatic rings. The Morgan fingerprint density at radius 3 is 2.52 bits per heavy atom. The molecule has 1 nitrogen and oxygen atoms in total. The van der Waals surface area contributed by atoms with Gasteiger partial charge in [0.15, 0.2) is 11.6 Å². The van der Waals surface area contributed by atoms with Crippen molar-refractivity contribution in [2.24, 2.45) is 0 Å². The molecule has 0 radical (unpaired) electrons. The van der Waals surface area contributed by atoms with Crippen LogP contribution in [-0.4, -0.2) is 6.54 Å². The number of halogens is 4. The highest BCUT2D eigenvalue weighted by molar-refractivity contribution is 9.10. The molecule has 1 N–H and O–H groups in total. The molecule has 2 rings (SSSR count). The van der Waals surface area contributed by atoms with E-state index in [1.807, 2.05) is 25.1 Å². The topological polar surface area (TPSA) is 12.0 Å². The number of likely N-dealkylation sites (N-methyl/N-ethyl adjacent to an activating group) is 1. The van der Waals surface area contributed by atoms with Crippen LogP contribution >= 0.6 is 27.5 Å². The maximum atomic E-state index is 13.3. The molecule has 5 heteroatoms. The van der Waals surface area contributed by atoms with Gasteiger partial charge >= 0.3 is 0 Å². The maximum Gasteiger partial charge on any atom is 0.159 e. The Kier molecular flexibility index (Phi) is 5.73. The number of rotatable bonds is 5. The third-order valence-electron chi connectivity index (χ3n) is 3.21. The molecule has 0 spiro atoms. The van der Waals surface area contributed by atoms with Gasteiger partial charge < -0.3 is 5.32 Å². The van der Waals surface area contributed by atoms with Crippen molar-refractivity contribution in [2.75, 3.05) is 6.54 Å². The Morgan fingerprint density at radius 1 is 1.14 bits per heavy atom. The smallest absolute Gasteiger partial charge is 0.159 e. The number of benzene rings is 2. The molecule has 0 saturated carbocycles. The summed E-state index contributed by atoms with van der Waals surface area (Å²) in [5, 5.41) is 3.96. The summed E-state index contributed by atoms with van der Waals surface area (Å²) in [6, 6.07) is 9.59. The predicted molar refractivity (Wildman–Crippen MR) is 85.6 cm³/mol. The zero-order valence-corrected chi connectivity index (χ0v) is 13.8. The zero-order valence-electron chi connectivity index (χ0n) is 11.5. The van der Waals surface area contributed by atoms with Gasteiger partial charge in [0.2, 0.25) is 0 Å². The second kappa shape index (κ2) is 7.34. The van der Waals surface area contributed by atoms with Crippen LogP contribution in [-0.2, 0) is 6.42 Å². The molecule has 0 heterocycles. The monoisotopic (exact) mass is 373 g/mol. The van der Waals surface area contributed by atoms with Crippen LogP contribution in [0, 0.1) is 11.6 Å². The Bertz CT molecular complexity index is 634. The highest BCUT2D eigenvalue weighted by Gasteiger charge is 2.15. The second-order valence-corrected chi connectivity index (χ2v) is 6.05. The molecule has 0 aliphatic rings. The normalized spacial score (nSPS) is 12.4. The number of hydrogen-bond donors (Lipinski definition) is 1. The fourth-order valence-corrected chi connectivity index (χ4v) is 3.03. The lowest BCUT2D eigenvalue weighted by molar-refractivity contribution is 0.502. The largest absolute Gasteiger partial charge is 0.310 e. The summed E-state index contributed by atoms with van der Waals surface area (Å²) in [5.41, 5.74) is 1.66. The van der Waals surface area contributed by atoms with E-state index in [9.17, 15) is 8.78 Å². The first-order chi connectivity index (χ1) is 10.0. The van der Waals surface area contributed by atoms with Crippen LogP contribution in [0.2, 0.25) is 5.02 Å². The van der Waals surface area contributed by atoms with E-state index in [0.717, 1.165) is 28.2 Å². The molecule has 2 aromatic carbocycles. The van der Waals surface area contributed by atoms with E-state index in [0.29, 0.717) is 11.4 Å². The third-order valence-corrected chi connectivity index (χ3v) is 4.03. The molecule has 0 aliphatic carbocycles. The number of nitrogens with one attached hydrogen (secondary N) is 1. The molecule has 21 heavy (non-hydrogen) atoms. The van der Waals surface area contributed by atoms with Gasteiger partial charge in [-0.25, -0.2) is 8.78 Å². The predicted octanol–water partition coefficient (Wildman–Crippen LogP) is 5.27. The minimum Gasteiger partial charge on any atom is -0.310 e. The summed E-state index contributed by atoms with van der Waals surface area (Å²) < 4.78 is 27.2. The van der Waals surface area contributed by atoms with Crippen molar-refractivity contribution < 1.29 is 8.78 Å². The Balaban J connectivity index is 2.28. The van der Waals surface area contributed by atoms with Gasteiger partial charge in [-0.05, 0) is 48.4 Å². The first-order valence-electron chi connectivity index (χ1n) is 6.63. The van der Waals surface area contributed by atoms with Gasteiger partial charge in [0.05, 0.1) is 0 Å². The summed E-state index contributed by atoms with van der Waals surface area (Å²) in [4.78, 5) is 0. The van der Waals surface area contributed by atoms with Gasteiger partial charge in [-0.1, -0.05) is 46.6 Å². The first kappa shape index (κ1) is 16.4. The van der Waals surface area contributed by atoms with Crippen LogP contribution in [0.4, 0.5) is 8.78 Å². The average molecular weight is 375 g/mol. The third kappa shape index (κ3) is 4.25. The highest BCUT2D eigenvalue weighted by atomic mass is 79.9. The highest BCUT2D eigenvalue weighted by Crippen LogP contribution is 2.29. The van der Waals surface area contributed by atoms with Crippen molar-refractivity contribution >= 4 is 27.5 Å². The van der Waals surface area contributed by atoms with E-state index in [1.165, 1.54) is 6.07 Å². The molecule has 1 unspecified atom stereocenters. The summed E-state index contributed by atoms with van der Waals surface area (Å²) >= 11 is 9.65. The molecule has 112 valence electrons. The van der Waals surface area contributed by atoms with Crippen LogP contribution in [0.3, 0.4) is 0 Å². The average Bonchev–Trinajstić information content (AvgIpc) is 2.42. The second-order valence-electron chi connectivity index (χ2n) is 4.73. The molecule has 0 aliphatic heterocycles. The molecule has 1 atom stereocenters. The van der Waals surface area contributed by atoms with Crippen molar-refractivity contribution in [2.45, 2.75) is 19.4 Å². The first-order valence-corrected chi connectivity index (χ1v) is 7.80. The van der Waals surface area contributed by atoms with Crippen molar-refractivity contribution in [3.63, 3.8) is 0 Å². The standard InChI is InChI=1S/C16H15BrClF2N/c1-2-21-16(12-5-4-11(17)9-13(12)18)8-10-3-6-14(19)15(20)7-10/h3-7,9,16,21H,2,8H2,1H3. The van der Waals surface area contributed by atoms with Crippen molar-refractivity contribution in [1.82, 2.24) is 5.32 Å².